The largest absolute Gasteiger partial charge is 0.494 e. The van der Waals surface area contributed by atoms with Crippen LogP contribution in [0.1, 0.15) is 10.4 Å². The highest BCUT2D eigenvalue weighted by Crippen LogP contribution is 2.21. The summed E-state index contributed by atoms with van der Waals surface area (Å²) in [5, 5.41) is 17.9. The van der Waals surface area contributed by atoms with E-state index in [0.717, 1.165) is 16.9 Å². The molecule has 6 nitrogen and oxygen atoms in total. The van der Waals surface area contributed by atoms with E-state index in [4.69, 9.17) is 9.84 Å². The summed E-state index contributed by atoms with van der Waals surface area (Å²) in [6.07, 6.45) is 0.425. The SMILES string of the molecule is O=C(O)COc1ccc(Cc2sc(=O)[nH]c2O)cc1. The summed E-state index contributed by atoms with van der Waals surface area (Å²) in [5.41, 5.74) is 0.883. The van der Waals surface area contributed by atoms with Crippen molar-refractivity contribution in [3.8, 4) is 11.6 Å². The molecule has 0 atom stereocenters. The maximum absolute atomic E-state index is 11.0. The second-order valence-corrected chi connectivity index (χ2v) is 4.86. The minimum atomic E-state index is -1.04. The highest BCUT2D eigenvalue weighted by Gasteiger charge is 2.07. The molecule has 0 aliphatic heterocycles. The number of rotatable bonds is 5. The molecule has 0 unspecified atom stereocenters. The van der Waals surface area contributed by atoms with Gasteiger partial charge in [0.1, 0.15) is 5.75 Å². The second kappa shape index (κ2) is 5.57. The van der Waals surface area contributed by atoms with Crippen LogP contribution in [-0.2, 0) is 11.2 Å². The van der Waals surface area contributed by atoms with Gasteiger partial charge < -0.3 is 14.9 Å². The number of nitrogens with one attached hydrogen (secondary N) is 1. The number of thiazole rings is 1. The number of carboxylic acid groups (broad SMARTS) is 1. The molecular formula is C12H11NO5S. The van der Waals surface area contributed by atoms with Crippen LogP contribution in [0.25, 0.3) is 0 Å². The Labute approximate surface area is 111 Å². The van der Waals surface area contributed by atoms with Crippen LogP contribution in [0.4, 0.5) is 0 Å². The number of aromatic nitrogens is 1. The number of hydrogen-bond acceptors (Lipinski definition) is 5. The second-order valence-electron chi connectivity index (χ2n) is 3.79. The van der Waals surface area contributed by atoms with Gasteiger partial charge in [0.05, 0.1) is 4.88 Å². The first-order chi connectivity index (χ1) is 9.04. The predicted octanol–water partition coefficient (Wildman–Crippen LogP) is 1.20. The lowest BCUT2D eigenvalue weighted by Crippen LogP contribution is -2.09. The Balaban J connectivity index is 2.04. The Hall–Kier alpha value is -2.28. The Kier molecular flexibility index (Phi) is 3.86. The third-order valence-corrected chi connectivity index (χ3v) is 3.22. The molecule has 1 aromatic carbocycles. The zero-order chi connectivity index (χ0) is 13.8. The van der Waals surface area contributed by atoms with Crippen LogP contribution in [0.15, 0.2) is 29.1 Å². The van der Waals surface area contributed by atoms with Gasteiger partial charge in [0, 0.05) is 6.42 Å². The summed E-state index contributed by atoms with van der Waals surface area (Å²) in [7, 11) is 0. The van der Waals surface area contributed by atoms with Gasteiger partial charge >= 0.3 is 10.8 Å². The molecule has 0 fully saturated rings. The monoisotopic (exact) mass is 281 g/mol. The number of carboxylic acids is 1. The van der Waals surface area contributed by atoms with Crippen molar-refractivity contribution in [2.24, 2.45) is 0 Å². The molecule has 19 heavy (non-hydrogen) atoms. The first-order valence-electron chi connectivity index (χ1n) is 5.39. The van der Waals surface area contributed by atoms with Crippen molar-refractivity contribution in [1.82, 2.24) is 4.98 Å². The minimum absolute atomic E-state index is 0.110. The van der Waals surface area contributed by atoms with E-state index >= 15 is 0 Å². The molecule has 0 saturated heterocycles. The summed E-state index contributed by atoms with van der Waals surface area (Å²) in [6, 6.07) is 6.79. The lowest BCUT2D eigenvalue weighted by atomic mass is 10.1. The van der Waals surface area contributed by atoms with Gasteiger partial charge in [0.15, 0.2) is 6.61 Å². The molecule has 7 heteroatoms. The summed E-state index contributed by atoms with van der Waals surface area (Å²) >= 11 is 0.957. The number of ether oxygens (including phenoxy) is 1. The van der Waals surface area contributed by atoms with E-state index in [-0.39, 0.29) is 17.4 Å². The lowest BCUT2D eigenvalue weighted by molar-refractivity contribution is -0.139. The van der Waals surface area contributed by atoms with Crippen LogP contribution < -0.4 is 9.61 Å². The Morgan fingerprint density at radius 2 is 2.00 bits per heavy atom. The van der Waals surface area contributed by atoms with E-state index in [2.05, 4.69) is 4.98 Å². The average Bonchev–Trinajstić information content (AvgIpc) is 2.67. The molecule has 2 aromatic rings. The standard InChI is InChI=1S/C12H11NO5S/c14-10(15)6-18-8-3-1-7(2-4-8)5-9-11(16)13-12(17)19-9/h1-4,16H,5-6H2,(H,13,17)(H,14,15). The summed E-state index contributed by atoms with van der Waals surface area (Å²) < 4.78 is 5.00. The summed E-state index contributed by atoms with van der Waals surface area (Å²) in [4.78, 5) is 23.9. The molecule has 1 aromatic heterocycles. The molecular weight excluding hydrogens is 270 g/mol. The number of carbonyl (C=O) groups is 1. The van der Waals surface area contributed by atoms with E-state index in [1.165, 1.54) is 0 Å². The zero-order valence-corrected chi connectivity index (χ0v) is 10.6. The van der Waals surface area contributed by atoms with Crippen molar-refractivity contribution < 1.29 is 19.7 Å². The molecule has 0 bridgehead atoms. The van der Waals surface area contributed by atoms with E-state index in [1.807, 2.05) is 0 Å². The van der Waals surface area contributed by atoms with Gasteiger partial charge in [0.2, 0.25) is 5.88 Å². The Bertz CT molecular complexity index is 628. The van der Waals surface area contributed by atoms with Crippen LogP contribution in [0, 0.1) is 0 Å². The molecule has 3 N–H and O–H groups in total. The molecule has 2 rings (SSSR count). The topological polar surface area (TPSA) is 99.6 Å². The van der Waals surface area contributed by atoms with Crippen LogP contribution in [0.5, 0.6) is 11.6 Å². The Morgan fingerprint density at radius 3 is 2.53 bits per heavy atom. The molecule has 0 amide bonds. The molecule has 0 saturated carbocycles. The van der Waals surface area contributed by atoms with Crippen molar-refractivity contribution in [3.63, 3.8) is 0 Å². The van der Waals surface area contributed by atoms with Crippen molar-refractivity contribution >= 4 is 17.3 Å². The van der Waals surface area contributed by atoms with Crippen molar-refractivity contribution in [3.05, 3.63) is 44.4 Å². The van der Waals surface area contributed by atoms with Gasteiger partial charge in [-0.15, -0.1) is 0 Å². The number of hydrogen-bond donors (Lipinski definition) is 3. The molecule has 1 heterocycles. The van der Waals surface area contributed by atoms with Gasteiger partial charge in [-0.05, 0) is 17.7 Å². The third kappa shape index (κ3) is 3.59. The number of aliphatic carboxylic acids is 1. The third-order valence-electron chi connectivity index (χ3n) is 2.35. The first kappa shape index (κ1) is 13.2. The minimum Gasteiger partial charge on any atom is -0.494 e. The molecule has 100 valence electrons. The lowest BCUT2D eigenvalue weighted by Gasteiger charge is -2.04. The molecule has 0 aliphatic rings. The highest BCUT2D eigenvalue weighted by atomic mass is 32.1. The zero-order valence-electron chi connectivity index (χ0n) is 9.75. The van der Waals surface area contributed by atoms with Crippen molar-refractivity contribution in [1.29, 1.82) is 0 Å². The van der Waals surface area contributed by atoms with Gasteiger partial charge in [-0.25, -0.2) is 4.79 Å². The predicted molar refractivity (Wildman–Crippen MR) is 69.0 cm³/mol. The van der Waals surface area contributed by atoms with Crippen molar-refractivity contribution in [2.75, 3.05) is 6.61 Å². The smallest absolute Gasteiger partial charge is 0.341 e. The van der Waals surface area contributed by atoms with Crippen LogP contribution in [0.2, 0.25) is 0 Å². The number of aromatic hydroxyl groups is 1. The molecule has 0 aliphatic carbocycles. The van der Waals surface area contributed by atoms with Crippen LogP contribution in [0.3, 0.4) is 0 Å². The summed E-state index contributed by atoms with van der Waals surface area (Å²) in [6.45, 7) is -0.389. The van der Waals surface area contributed by atoms with E-state index < -0.39 is 5.97 Å². The number of H-pyrrole nitrogens is 1. The summed E-state index contributed by atoms with van der Waals surface area (Å²) in [5.74, 6) is -0.690. The fourth-order valence-corrected chi connectivity index (χ4v) is 2.26. The van der Waals surface area contributed by atoms with Gasteiger partial charge in [-0.2, -0.15) is 0 Å². The van der Waals surface area contributed by atoms with Crippen molar-refractivity contribution in [2.45, 2.75) is 6.42 Å². The fourth-order valence-electron chi connectivity index (χ4n) is 1.51. The molecule has 0 radical (unpaired) electrons. The maximum Gasteiger partial charge on any atom is 0.341 e. The van der Waals surface area contributed by atoms with E-state index in [9.17, 15) is 14.7 Å². The normalized spacial score (nSPS) is 10.3. The molecule has 0 spiro atoms. The van der Waals surface area contributed by atoms with E-state index in [0.29, 0.717) is 17.0 Å². The maximum atomic E-state index is 11.0. The van der Waals surface area contributed by atoms with Gasteiger partial charge in [0.25, 0.3) is 0 Å². The number of aromatic amines is 1. The van der Waals surface area contributed by atoms with Gasteiger partial charge in [-0.3, -0.25) is 9.78 Å². The first-order valence-corrected chi connectivity index (χ1v) is 6.21. The highest BCUT2D eigenvalue weighted by molar-refractivity contribution is 7.09. The average molecular weight is 281 g/mol. The van der Waals surface area contributed by atoms with Gasteiger partial charge in [-0.1, -0.05) is 23.5 Å². The fraction of sp³-hybridized carbons (Fsp3) is 0.167. The van der Waals surface area contributed by atoms with Crippen LogP contribution >= 0.6 is 11.3 Å². The quantitative estimate of drug-likeness (QED) is 0.764. The van der Waals surface area contributed by atoms with Crippen LogP contribution in [-0.4, -0.2) is 27.8 Å². The Morgan fingerprint density at radius 1 is 1.32 bits per heavy atom. The van der Waals surface area contributed by atoms with E-state index in [1.54, 1.807) is 24.3 Å². The number of benzene rings is 1.